The van der Waals surface area contributed by atoms with Gasteiger partial charge in [0, 0.05) is 0 Å². The van der Waals surface area contributed by atoms with Crippen LogP contribution in [0, 0.1) is 0 Å². The van der Waals surface area contributed by atoms with Crippen molar-refractivity contribution < 1.29 is 19.8 Å². The van der Waals surface area contributed by atoms with Crippen molar-refractivity contribution in [2.45, 2.75) is 39.1 Å². The van der Waals surface area contributed by atoms with E-state index in [2.05, 4.69) is 0 Å². The fraction of sp³-hybridized carbons (Fsp3) is 0.462. The highest BCUT2D eigenvalue weighted by molar-refractivity contribution is 5.69. The van der Waals surface area contributed by atoms with E-state index < -0.39 is 18.4 Å². The van der Waals surface area contributed by atoms with E-state index in [4.69, 9.17) is 4.84 Å². The van der Waals surface area contributed by atoms with Crippen LogP contribution >= 0.6 is 0 Å². The molecule has 2 atom stereocenters. The van der Waals surface area contributed by atoms with Gasteiger partial charge in [0.1, 0.15) is 12.5 Å². The molecule has 1 aromatic rings. The minimum absolute atomic E-state index is 0.194. The lowest BCUT2D eigenvalue weighted by Crippen LogP contribution is -2.41. The van der Waals surface area contributed by atoms with Crippen LogP contribution in [0.25, 0.3) is 0 Å². The van der Waals surface area contributed by atoms with E-state index in [1.165, 1.54) is 13.8 Å². The number of carbonyl (C=O) groups excluding carboxylic acids is 1. The maximum absolute atomic E-state index is 11.5. The normalized spacial score (nSPS) is 14.3. The van der Waals surface area contributed by atoms with Crippen molar-refractivity contribution in [1.29, 1.82) is 0 Å². The third-order valence-electron chi connectivity index (χ3n) is 2.40. The Labute approximate surface area is 107 Å². The first-order valence-electron chi connectivity index (χ1n) is 5.90. The standard InChI is InChI=1S/C13H19NO4/c1-10(15)14(11(2)16)18-13(17)9-8-12-6-4-3-5-7-12/h3-7,10-11,15-16H,8-9H2,1-2H3. The molecule has 1 rings (SSSR count). The fourth-order valence-corrected chi connectivity index (χ4v) is 1.52. The van der Waals surface area contributed by atoms with E-state index in [-0.39, 0.29) is 6.42 Å². The Kier molecular flexibility index (Phi) is 5.77. The molecule has 2 N–H and O–H groups in total. The lowest BCUT2D eigenvalue weighted by atomic mass is 10.1. The van der Waals surface area contributed by atoms with Crippen LogP contribution in [0.15, 0.2) is 30.3 Å². The number of hydrogen-bond donors (Lipinski definition) is 2. The lowest BCUT2D eigenvalue weighted by Gasteiger charge is -2.25. The monoisotopic (exact) mass is 253 g/mol. The number of carbonyl (C=O) groups is 1. The van der Waals surface area contributed by atoms with Gasteiger partial charge in [0.25, 0.3) is 0 Å². The van der Waals surface area contributed by atoms with Crippen molar-refractivity contribution in [1.82, 2.24) is 5.06 Å². The second kappa shape index (κ2) is 7.10. The van der Waals surface area contributed by atoms with Gasteiger partial charge < -0.3 is 15.1 Å². The third kappa shape index (κ3) is 4.83. The Balaban J connectivity index is 2.41. The zero-order valence-corrected chi connectivity index (χ0v) is 10.6. The zero-order valence-electron chi connectivity index (χ0n) is 10.6. The summed E-state index contributed by atoms with van der Waals surface area (Å²) in [6, 6.07) is 9.56. The summed E-state index contributed by atoms with van der Waals surface area (Å²) in [4.78, 5) is 16.4. The average molecular weight is 253 g/mol. The number of rotatable bonds is 6. The van der Waals surface area contributed by atoms with Gasteiger partial charge in [-0.2, -0.15) is 0 Å². The Hall–Kier alpha value is -1.43. The molecule has 0 saturated heterocycles. The third-order valence-corrected chi connectivity index (χ3v) is 2.40. The molecule has 0 aliphatic rings. The number of hydroxylamine groups is 2. The van der Waals surface area contributed by atoms with Crippen LogP contribution in [0.4, 0.5) is 0 Å². The van der Waals surface area contributed by atoms with Gasteiger partial charge in [0.2, 0.25) is 0 Å². The first-order valence-corrected chi connectivity index (χ1v) is 5.90. The van der Waals surface area contributed by atoms with Gasteiger partial charge in [-0.25, -0.2) is 0 Å². The Bertz CT molecular complexity index is 357. The predicted octanol–water partition coefficient (Wildman–Crippen LogP) is 1.06. The molecule has 2 unspecified atom stereocenters. The molecule has 0 spiro atoms. The maximum Gasteiger partial charge on any atom is 0.325 e. The van der Waals surface area contributed by atoms with Crippen molar-refractivity contribution in [2.24, 2.45) is 0 Å². The van der Waals surface area contributed by atoms with Gasteiger partial charge in [-0.05, 0) is 25.8 Å². The first kappa shape index (κ1) is 14.6. The molecule has 0 bridgehead atoms. The summed E-state index contributed by atoms with van der Waals surface area (Å²) in [6.45, 7) is 2.83. The minimum Gasteiger partial charge on any atom is -0.375 e. The van der Waals surface area contributed by atoms with Crippen LogP contribution in [-0.2, 0) is 16.1 Å². The smallest absolute Gasteiger partial charge is 0.325 e. The zero-order chi connectivity index (χ0) is 13.5. The summed E-state index contributed by atoms with van der Waals surface area (Å²) in [7, 11) is 0. The van der Waals surface area contributed by atoms with Gasteiger partial charge >= 0.3 is 5.97 Å². The predicted molar refractivity (Wildman–Crippen MR) is 66.1 cm³/mol. The molecular formula is C13H19NO4. The molecule has 18 heavy (non-hydrogen) atoms. The molecule has 0 fully saturated rings. The van der Waals surface area contributed by atoms with E-state index in [0.717, 1.165) is 10.6 Å². The second-order valence-corrected chi connectivity index (χ2v) is 4.07. The summed E-state index contributed by atoms with van der Waals surface area (Å²) >= 11 is 0. The van der Waals surface area contributed by atoms with Crippen molar-refractivity contribution in [3.63, 3.8) is 0 Å². The van der Waals surface area contributed by atoms with Gasteiger partial charge in [0.15, 0.2) is 0 Å². The van der Waals surface area contributed by atoms with Crippen molar-refractivity contribution in [3.05, 3.63) is 35.9 Å². The number of aliphatic hydroxyl groups excluding tert-OH is 2. The van der Waals surface area contributed by atoms with Gasteiger partial charge in [0.05, 0.1) is 6.42 Å². The van der Waals surface area contributed by atoms with E-state index in [0.29, 0.717) is 6.42 Å². The molecule has 1 aromatic carbocycles. The van der Waals surface area contributed by atoms with Gasteiger partial charge in [-0.3, -0.25) is 4.79 Å². The second-order valence-electron chi connectivity index (χ2n) is 4.07. The lowest BCUT2D eigenvalue weighted by molar-refractivity contribution is -0.276. The molecular weight excluding hydrogens is 234 g/mol. The topological polar surface area (TPSA) is 70.0 Å². The highest BCUT2D eigenvalue weighted by Gasteiger charge is 2.21. The SMILES string of the molecule is CC(O)N(OC(=O)CCc1ccccc1)C(C)O. The molecule has 0 radical (unpaired) electrons. The number of hydrogen-bond acceptors (Lipinski definition) is 5. The van der Waals surface area contributed by atoms with Crippen LogP contribution in [0.2, 0.25) is 0 Å². The molecule has 100 valence electrons. The van der Waals surface area contributed by atoms with Crippen LogP contribution in [0.1, 0.15) is 25.8 Å². The Morgan fingerprint density at radius 2 is 1.78 bits per heavy atom. The van der Waals surface area contributed by atoms with Crippen molar-refractivity contribution in [3.8, 4) is 0 Å². The minimum atomic E-state index is -1.05. The molecule has 5 heteroatoms. The van der Waals surface area contributed by atoms with Crippen molar-refractivity contribution in [2.75, 3.05) is 0 Å². The summed E-state index contributed by atoms with van der Waals surface area (Å²) in [5.41, 5.74) is 1.04. The molecule has 0 aromatic heterocycles. The highest BCUT2D eigenvalue weighted by Crippen LogP contribution is 2.07. The van der Waals surface area contributed by atoms with E-state index in [1.807, 2.05) is 30.3 Å². The Morgan fingerprint density at radius 1 is 1.22 bits per heavy atom. The van der Waals surface area contributed by atoms with Gasteiger partial charge in [-0.1, -0.05) is 35.4 Å². The van der Waals surface area contributed by atoms with Crippen LogP contribution < -0.4 is 0 Å². The fourth-order valence-electron chi connectivity index (χ4n) is 1.52. The number of aliphatic hydroxyl groups is 2. The number of benzene rings is 1. The van der Waals surface area contributed by atoms with E-state index in [1.54, 1.807) is 0 Å². The summed E-state index contributed by atoms with van der Waals surface area (Å²) in [6.07, 6.45) is -1.34. The van der Waals surface area contributed by atoms with Crippen LogP contribution in [-0.4, -0.2) is 33.7 Å². The highest BCUT2D eigenvalue weighted by atomic mass is 16.7. The molecule has 0 aliphatic carbocycles. The average Bonchev–Trinajstić information content (AvgIpc) is 2.34. The molecule has 0 aliphatic heterocycles. The van der Waals surface area contributed by atoms with Crippen LogP contribution in [0.3, 0.4) is 0 Å². The summed E-state index contributed by atoms with van der Waals surface area (Å²) < 4.78 is 0. The molecule has 0 amide bonds. The van der Waals surface area contributed by atoms with Crippen LogP contribution in [0.5, 0.6) is 0 Å². The van der Waals surface area contributed by atoms with Crippen molar-refractivity contribution >= 4 is 5.97 Å². The quantitative estimate of drug-likeness (QED) is 0.586. The summed E-state index contributed by atoms with van der Waals surface area (Å²) in [5.74, 6) is -0.486. The molecule has 5 nitrogen and oxygen atoms in total. The maximum atomic E-state index is 11.5. The molecule has 0 saturated carbocycles. The van der Waals surface area contributed by atoms with E-state index in [9.17, 15) is 15.0 Å². The largest absolute Gasteiger partial charge is 0.375 e. The van der Waals surface area contributed by atoms with Gasteiger partial charge in [-0.15, -0.1) is 0 Å². The number of nitrogens with zero attached hydrogens (tertiary/aromatic N) is 1. The first-order chi connectivity index (χ1) is 8.50. The van der Waals surface area contributed by atoms with E-state index >= 15 is 0 Å². The summed E-state index contributed by atoms with van der Waals surface area (Å²) in [5, 5.41) is 19.5. The number of aryl methyl sites for hydroxylation is 1. The Morgan fingerprint density at radius 3 is 2.28 bits per heavy atom. The molecule has 0 heterocycles.